The molecular formula is C15H18FN3O. The van der Waals surface area contributed by atoms with Crippen molar-refractivity contribution in [1.29, 1.82) is 5.26 Å². The van der Waals surface area contributed by atoms with Crippen LogP contribution in [0.4, 0.5) is 14.9 Å². The number of benzene rings is 1. The van der Waals surface area contributed by atoms with Gasteiger partial charge in [-0.15, -0.1) is 0 Å². The molecule has 1 atom stereocenters. The number of hydrogen-bond acceptors (Lipinski definition) is 2. The summed E-state index contributed by atoms with van der Waals surface area (Å²) >= 11 is 0. The zero-order valence-corrected chi connectivity index (χ0v) is 11.5. The molecule has 2 amide bonds. The normalized spacial score (nSPS) is 18.4. The Morgan fingerprint density at radius 3 is 3.10 bits per heavy atom. The Bertz CT molecular complexity index is 538. The lowest BCUT2D eigenvalue weighted by Crippen LogP contribution is -2.42. The van der Waals surface area contributed by atoms with E-state index in [1.807, 2.05) is 6.07 Å². The molecular weight excluding hydrogens is 257 g/mol. The van der Waals surface area contributed by atoms with Crippen molar-refractivity contribution in [2.24, 2.45) is 5.92 Å². The van der Waals surface area contributed by atoms with Gasteiger partial charge >= 0.3 is 6.03 Å². The van der Waals surface area contributed by atoms with Crippen LogP contribution in [0.25, 0.3) is 0 Å². The molecule has 106 valence electrons. The minimum atomic E-state index is -0.483. The maximum atomic E-state index is 13.0. The summed E-state index contributed by atoms with van der Waals surface area (Å²) in [4.78, 5) is 14.0. The fourth-order valence-corrected chi connectivity index (χ4v) is 2.49. The molecule has 0 radical (unpaired) electrons. The van der Waals surface area contributed by atoms with Gasteiger partial charge < -0.3 is 10.2 Å². The van der Waals surface area contributed by atoms with Crippen LogP contribution in [0.2, 0.25) is 0 Å². The van der Waals surface area contributed by atoms with Crippen molar-refractivity contribution in [1.82, 2.24) is 4.90 Å². The summed E-state index contributed by atoms with van der Waals surface area (Å²) in [5, 5.41) is 11.7. The second-order valence-corrected chi connectivity index (χ2v) is 5.09. The highest BCUT2D eigenvalue weighted by Gasteiger charge is 2.23. The van der Waals surface area contributed by atoms with E-state index in [1.54, 1.807) is 4.90 Å². The second kappa shape index (κ2) is 6.38. The zero-order chi connectivity index (χ0) is 14.5. The fourth-order valence-electron chi connectivity index (χ4n) is 2.49. The van der Waals surface area contributed by atoms with Crippen LogP contribution in [0, 0.1) is 23.1 Å². The van der Waals surface area contributed by atoms with E-state index in [4.69, 9.17) is 5.26 Å². The van der Waals surface area contributed by atoms with Gasteiger partial charge in [-0.1, -0.05) is 13.3 Å². The van der Waals surface area contributed by atoms with Gasteiger partial charge in [-0.05, 0) is 37.0 Å². The number of urea groups is 1. The van der Waals surface area contributed by atoms with Crippen molar-refractivity contribution in [2.75, 3.05) is 18.4 Å². The number of nitrogens with zero attached hydrogens (tertiary/aromatic N) is 2. The van der Waals surface area contributed by atoms with Crippen LogP contribution in [0.5, 0.6) is 0 Å². The summed E-state index contributed by atoms with van der Waals surface area (Å²) in [6.45, 7) is 3.59. The zero-order valence-electron chi connectivity index (χ0n) is 11.5. The second-order valence-electron chi connectivity index (χ2n) is 5.09. The Balaban J connectivity index is 2.06. The number of piperidine rings is 1. The summed E-state index contributed by atoms with van der Waals surface area (Å²) in [6, 6.07) is 5.46. The molecule has 4 nitrogen and oxygen atoms in total. The molecule has 5 heteroatoms. The predicted molar refractivity (Wildman–Crippen MR) is 74.7 cm³/mol. The summed E-state index contributed by atoms with van der Waals surface area (Å²) in [7, 11) is 0. The molecule has 1 aliphatic rings. The molecule has 20 heavy (non-hydrogen) atoms. The molecule has 1 N–H and O–H groups in total. The largest absolute Gasteiger partial charge is 0.324 e. The standard InChI is InChI=1S/C15H18FN3O/c1-2-11-4-3-7-19(10-11)15(20)18-14-6-5-13(16)8-12(14)9-17/h5-6,8,11H,2-4,7,10H2,1H3,(H,18,20). The molecule has 1 heterocycles. The third-order valence-corrected chi connectivity index (χ3v) is 3.73. The Kier molecular flexibility index (Phi) is 4.57. The maximum Gasteiger partial charge on any atom is 0.321 e. The molecule has 2 rings (SSSR count). The highest BCUT2D eigenvalue weighted by atomic mass is 19.1. The monoisotopic (exact) mass is 275 g/mol. The SMILES string of the molecule is CCC1CCCN(C(=O)Nc2ccc(F)cc2C#N)C1. The Hall–Kier alpha value is -2.09. The molecule has 0 spiro atoms. The fraction of sp³-hybridized carbons (Fsp3) is 0.467. The van der Waals surface area contributed by atoms with Crippen LogP contribution in [0.15, 0.2) is 18.2 Å². The topological polar surface area (TPSA) is 56.1 Å². The van der Waals surface area contributed by atoms with Gasteiger partial charge in [0.05, 0.1) is 11.3 Å². The van der Waals surface area contributed by atoms with Gasteiger partial charge in [0, 0.05) is 13.1 Å². The Morgan fingerprint density at radius 2 is 2.40 bits per heavy atom. The number of anilines is 1. The van der Waals surface area contributed by atoms with E-state index in [0.29, 0.717) is 11.6 Å². The lowest BCUT2D eigenvalue weighted by atomic mass is 9.96. The molecule has 0 saturated carbocycles. The molecule has 0 aliphatic carbocycles. The number of hydrogen-bond donors (Lipinski definition) is 1. The number of nitriles is 1. The van der Waals surface area contributed by atoms with Crippen molar-refractivity contribution in [3.8, 4) is 6.07 Å². The van der Waals surface area contributed by atoms with Gasteiger partial charge in [0.1, 0.15) is 11.9 Å². The maximum absolute atomic E-state index is 13.0. The molecule has 1 unspecified atom stereocenters. The summed E-state index contributed by atoms with van der Waals surface area (Å²) in [5.74, 6) is 0.0572. The first-order valence-corrected chi connectivity index (χ1v) is 6.89. The van der Waals surface area contributed by atoms with E-state index < -0.39 is 5.82 Å². The molecule has 1 fully saturated rings. The van der Waals surface area contributed by atoms with Crippen molar-refractivity contribution >= 4 is 11.7 Å². The van der Waals surface area contributed by atoms with Crippen molar-refractivity contribution < 1.29 is 9.18 Å². The number of halogens is 1. The lowest BCUT2D eigenvalue weighted by molar-refractivity contribution is 0.176. The highest BCUT2D eigenvalue weighted by molar-refractivity contribution is 5.90. The lowest BCUT2D eigenvalue weighted by Gasteiger charge is -2.32. The Morgan fingerprint density at radius 1 is 1.60 bits per heavy atom. The summed E-state index contributed by atoms with van der Waals surface area (Å²) in [5.41, 5.74) is 0.500. The molecule has 0 bridgehead atoms. The minimum absolute atomic E-state index is 0.141. The highest BCUT2D eigenvalue weighted by Crippen LogP contribution is 2.21. The first kappa shape index (κ1) is 14.3. The minimum Gasteiger partial charge on any atom is -0.324 e. The molecule has 1 aliphatic heterocycles. The van der Waals surface area contributed by atoms with E-state index in [9.17, 15) is 9.18 Å². The van der Waals surface area contributed by atoms with E-state index in [0.717, 1.165) is 38.4 Å². The van der Waals surface area contributed by atoms with E-state index >= 15 is 0 Å². The van der Waals surface area contributed by atoms with Crippen LogP contribution < -0.4 is 5.32 Å². The van der Waals surface area contributed by atoms with Gasteiger partial charge in [0.25, 0.3) is 0 Å². The number of carbonyl (C=O) groups is 1. The average molecular weight is 275 g/mol. The van der Waals surface area contributed by atoms with Crippen LogP contribution in [-0.4, -0.2) is 24.0 Å². The number of rotatable bonds is 2. The number of amides is 2. The van der Waals surface area contributed by atoms with Gasteiger partial charge in [-0.3, -0.25) is 0 Å². The van der Waals surface area contributed by atoms with Gasteiger partial charge in [-0.2, -0.15) is 5.26 Å². The molecule has 0 aromatic heterocycles. The Labute approximate surface area is 118 Å². The third-order valence-electron chi connectivity index (χ3n) is 3.73. The van der Waals surface area contributed by atoms with Crippen LogP contribution >= 0.6 is 0 Å². The summed E-state index contributed by atoms with van der Waals surface area (Å²) in [6.07, 6.45) is 3.21. The van der Waals surface area contributed by atoms with Gasteiger partial charge in [0.2, 0.25) is 0 Å². The quantitative estimate of drug-likeness (QED) is 0.899. The first-order chi connectivity index (χ1) is 9.63. The van der Waals surface area contributed by atoms with Gasteiger partial charge in [-0.25, -0.2) is 9.18 Å². The predicted octanol–water partition coefficient (Wildman–Crippen LogP) is 3.35. The van der Waals surface area contributed by atoms with Crippen molar-refractivity contribution in [3.63, 3.8) is 0 Å². The number of likely N-dealkylation sites (tertiary alicyclic amines) is 1. The van der Waals surface area contributed by atoms with E-state index in [-0.39, 0.29) is 11.6 Å². The van der Waals surface area contributed by atoms with Gasteiger partial charge in [0.15, 0.2) is 0 Å². The smallest absolute Gasteiger partial charge is 0.321 e. The summed E-state index contributed by atoms with van der Waals surface area (Å²) < 4.78 is 13.0. The molecule has 1 aromatic rings. The van der Waals surface area contributed by atoms with E-state index in [2.05, 4.69) is 12.2 Å². The molecule has 1 aromatic carbocycles. The first-order valence-electron chi connectivity index (χ1n) is 6.89. The van der Waals surface area contributed by atoms with Crippen LogP contribution in [0.1, 0.15) is 31.7 Å². The van der Waals surface area contributed by atoms with Crippen LogP contribution in [-0.2, 0) is 0 Å². The van der Waals surface area contributed by atoms with Crippen molar-refractivity contribution in [3.05, 3.63) is 29.6 Å². The average Bonchev–Trinajstić information content (AvgIpc) is 2.49. The van der Waals surface area contributed by atoms with Crippen LogP contribution in [0.3, 0.4) is 0 Å². The number of carbonyl (C=O) groups excluding carboxylic acids is 1. The van der Waals surface area contributed by atoms with E-state index in [1.165, 1.54) is 12.1 Å². The molecule has 1 saturated heterocycles. The van der Waals surface area contributed by atoms with Crippen molar-refractivity contribution in [2.45, 2.75) is 26.2 Å². The third kappa shape index (κ3) is 3.27. The number of nitrogens with one attached hydrogen (secondary N) is 1.